The third-order valence-electron chi connectivity index (χ3n) is 1.57. The van der Waals surface area contributed by atoms with E-state index in [0.29, 0.717) is 12.4 Å². The van der Waals surface area contributed by atoms with E-state index in [1.807, 2.05) is 6.07 Å². The number of aromatic nitrogens is 1. The van der Waals surface area contributed by atoms with Gasteiger partial charge in [0.2, 0.25) is 5.91 Å². The van der Waals surface area contributed by atoms with Crippen LogP contribution in [0.3, 0.4) is 0 Å². The number of carbonyl (C=O) groups is 1. The van der Waals surface area contributed by atoms with Crippen LogP contribution in [-0.4, -0.2) is 24.0 Å². The Morgan fingerprint density at radius 1 is 1.60 bits per heavy atom. The molecular weight excluding hydrogens is 258 g/mol. The molecule has 0 saturated carbocycles. The third-order valence-corrected chi connectivity index (χ3v) is 2.04. The van der Waals surface area contributed by atoms with Crippen LogP contribution in [0.1, 0.15) is 0 Å². The van der Waals surface area contributed by atoms with E-state index in [-0.39, 0.29) is 12.5 Å². The van der Waals surface area contributed by atoms with Crippen LogP contribution in [0.4, 0.5) is 5.82 Å². The zero-order valence-electron chi connectivity index (χ0n) is 8.16. The van der Waals surface area contributed by atoms with Crippen LogP contribution in [0.15, 0.2) is 35.5 Å². The van der Waals surface area contributed by atoms with Crippen molar-refractivity contribution in [2.45, 2.75) is 0 Å². The molecule has 0 spiro atoms. The fourth-order valence-corrected chi connectivity index (χ4v) is 1.16. The summed E-state index contributed by atoms with van der Waals surface area (Å²) in [7, 11) is 0. The molecule has 1 heterocycles. The zero-order chi connectivity index (χ0) is 11.1. The van der Waals surface area contributed by atoms with E-state index >= 15 is 0 Å². The minimum Gasteiger partial charge on any atom is -0.310 e. The van der Waals surface area contributed by atoms with Crippen molar-refractivity contribution in [3.05, 3.63) is 35.5 Å². The van der Waals surface area contributed by atoms with Gasteiger partial charge in [0.15, 0.2) is 0 Å². The van der Waals surface area contributed by atoms with E-state index < -0.39 is 0 Å². The molecule has 0 aliphatic rings. The number of pyridine rings is 1. The number of hydrogen-bond donors (Lipinski definition) is 2. The van der Waals surface area contributed by atoms with Crippen molar-refractivity contribution < 1.29 is 4.79 Å². The maximum Gasteiger partial charge on any atom is 0.239 e. The molecule has 1 rings (SSSR count). The summed E-state index contributed by atoms with van der Waals surface area (Å²) >= 11 is 3.26. The molecular formula is C10H12BrN3O. The lowest BCUT2D eigenvalue weighted by molar-refractivity contribution is -0.115. The number of halogens is 1. The highest BCUT2D eigenvalue weighted by Crippen LogP contribution is 2.09. The molecule has 0 unspecified atom stereocenters. The quantitative estimate of drug-likeness (QED) is 0.630. The average Bonchev–Trinajstić information content (AvgIpc) is 2.22. The number of amides is 1. The van der Waals surface area contributed by atoms with Crippen molar-refractivity contribution in [1.82, 2.24) is 10.3 Å². The smallest absolute Gasteiger partial charge is 0.239 e. The van der Waals surface area contributed by atoms with Crippen molar-refractivity contribution >= 4 is 27.7 Å². The van der Waals surface area contributed by atoms with Gasteiger partial charge >= 0.3 is 0 Å². The first kappa shape index (κ1) is 11.9. The minimum atomic E-state index is -0.119. The summed E-state index contributed by atoms with van der Waals surface area (Å²) in [5.41, 5.74) is 0. The fourth-order valence-electron chi connectivity index (χ4n) is 0.925. The maximum atomic E-state index is 11.3. The predicted molar refractivity (Wildman–Crippen MR) is 63.6 cm³/mol. The second kappa shape index (κ2) is 6.31. The van der Waals surface area contributed by atoms with Crippen molar-refractivity contribution in [3.63, 3.8) is 0 Å². The summed E-state index contributed by atoms with van der Waals surface area (Å²) in [5.74, 6) is 0.426. The SMILES string of the molecule is C=CCNCC(=O)Nc1ccc(Br)cn1. The van der Waals surface area contributed by atoms with Gasteiger partial charge in [-0.1, -0.05) is 6.08 Å². The minimum absolute atomic E-state index is 0.119. The fraction of sp³-hybridized carbons (Fsp3) is 0.200. The van der Waals surface area contributed by atoms with Crippen LogP contribution < -0.4 is 10.6 Å². The first-order chi connectivity index (χ1) is 7.22. The standard InChI is InChI=1S/C10H12BrN3O/c1-2-5-12-7-10(15)14-9-4-3-8(11)6-13-9/h2-4,6,12H,1,5,7H2,(H,13,14,15). The highest BCUT2D eigenvalue weighted by Gasteiger charge is 2.01. The predicted octanol–water partition coefficient (Wildman–Crippen LogP) is 1.56. The Bertz CT molecular complexity index is 337. The van der Waals surface area contributed by atoms with Crippen LogP contribution in [0.5, 0.6) is 0 Å². The average molecular weight is 270 g/mol. The third kappa shape index (κ3) is 4.71. The second-order valence-electron chi connectivity index (χ2n) is 2.83. The van der Waals surface area contributed by atoms with Gasteiger partial charge in [-0.05, 0) is 28.1 Å². The van der Waals surface area contributed by atoms with Crippen LogP contribution in [0.2, 0.25) is 0 Å². The van der Waals surface area contributed by atoms with Gasteiger partial charge in [-0.15, -0.1) is 6.58 Å². The summed E-state index contributed by atoms with van der Waals surface area (Å²) in [6.07, 6.45) is 3.33. The molecule has 0 atom stereocenters. The van der Waals surface area contributed by atoms with Crippen LogP contribution in [0, 0.1) is 0 Å². The molecule has 4 nitrogen and oxygen atoms in total. The molecule has 0 bridgehead atoms. The Morgan fingerprint density at radius 2 is 2.40 bits per heavy atom. The van der Waals surface area contributed by atoms with Crippen molar-refractivity contribution in [2.75, 3.05) is 18.4 Å². The Hall–Kier alpha value is -1.20. The first-order valence-electron chi connectivity index (χ1n) is 4.45. The highest BCUT2D eigenvalue weighted by molar-refractivity contribution is 9.10. The Morgan fingerprint density at radius 3 is 3.00 bits per heavy atom. The number of hydrogen-bond acceptors (Lipinski definition) is 3. The van der Waals surface area contributed by atoms with Crippen LogP contribution in [-0.2, 0) is 4.79 Å². The Labute approximate surface area is 96.9 Å². The Balaban J connectivity index is 2.37. The molecule has 1 aromatic heterocycles. The lowest BCUT2D eigenvalue weighted by Crippen LogP contribution is -2.28. The van der Waals surface area contributed by atoms with Gasteiger partial charge in [0.1, 0.15) is 5.82 Å². The van der Waals surface area contributed by atoms with Crippen LogP contribution in [0.25, 0.3) is 0 Å². The van der Waals surface area contributed by atoms with E-state index in [4.69, 9.17) is 0 Å². The maximum absolute atomic E-state index is 11.3. The van der Waals surface area contributed by atoms with Crippen molar-refractivity contribution in [3.8, 4) is 0 Å². The molecule has 2 N–H and O–H groups in total. The Kier molecular flexibility index (Phi) is 5.00. The molecule has 0 aliphatic carbocycles. The van der Waals surface area contributed by atoms with Crippen LogP contribution >= 0.6 is 15.9 Å². The molecule has 5 heteroatoms. The second-order valence-corrected chi connectivity index (χ2v) is 3.75. The van der Waals surface area contributed by atoms with Gasteiger partial charge in [-0.3, -0.25) is 4.79 Å². The molecule has 0 radical (unpaired) electrons. The summed E-state index contributed by atoms with van der Waals surface area (Å²) in [5, 5.41) is 5.56. The van der Waals surface area contributed by atoms with E-state index in [9.17, 15) is 4.79 Å². The molecule has 0 fully saturated rings. The molecule has 1 amide bonds. The number of nitrogens with zero attached hydrogens (tertiary/aromatic N) is 1. The first-order valence-corrected chi connectivity index (χ1v) is 5.24. The summed E-state index contributed by atoms with van der Waals surface area (Å²) in [6, 6.07) is 3.55. The zero-order valence-corrected chi connectivity index (χ0v) is 9.75. The molecule has 0 saturated heterocycles. The van der Waals surface area contributed by atoms with Gasteiger partial charge in [0.05, 0.1) is 6.54 Å². The molecule has 0 aromatic carbocycles. The van der Waals surface area contributed by atoms with E-state index in [0.717, 1.165) is 4.47 Å². The largest absolute Gasteiger partial charge is 0.310 e. The molecule has 15 heavy (non-hydrogen) atoms. The van der Waals surface area contributed by atoms with E-state index in [1.165, 1.54) is 0 Å². The van der Waals surface area contributed by atoms with Crippen molar-refractivity contribution in [2.24, 2.45) is 0 Å². The van der Waals surface area contributed by atoms with Gasteiger partial charge in [-0.2, -0.15) is 0 Å². The summed E-state index contributed by atoms with van der Waals surface area (Å²) < 4.78 is 0.880. The number of anilines is 1. The number of nitrogens with one attached hydrogen (secondary N) is 2. The monoisotopic (exact) mass is 269 g/mol. The van der Waals surface area contributed by atoms with Gasteiger partial charge < -0.3 is 10.6 Å². The topological polar surface area (TPSA) is 54.0 Å². The lowest BCUT2D eigenvalue weighted by Gasteiger charge is -2.04. The molecule has 0 aliphatic heterocycles. The highest BCUT2D eigenvalue weighted by atomic mass is 79.9. The normalized spacial score (nSPS) is 9.67. The van der Waals surface area contributed by atoms with Gasteiger partial charge in [0.25, 0.3) is 0 Å². The molecule has 1 aromatic rings. The van der Waals surface area contributed by atoms with Gasteiger partial charge in [0, 0.05) is 17.2 Å². The molecule has 80 valence electrons. The number of carbonyl (C=O) groups excluding carboxylic acids is 1. The van der Waals surface area contributed by atoms with E-state index in [2.05, 4.69) is 38.1 Å². The summed E-state index contributed by atoms with van der Waals surface area (Å²) in [4.78, 5) is 15.3. The number of rotatable bonds is 5. The summed E-state index contributed by atoms with van der Waals surface area (Å²) in [6.45, 7) is 4.41. The van der Waals surface area contributed by atoms with E-state index in [1.54, 1.807) is 18.3 Å². The lowest BCUT2D eigenvalue weighted by atomic mass is 10.4. The van der Waals surface area contributed by atoms with Crippen molar-refractivity contribution in [1.29, 1.82) is 0 Å². The van der Waals surface area contributed by atoms with Gasteiger partial charge in [-0.25, -0.2) is 4.98 Å².